The van der Waals surface area contributed by atoms with Gasteiger partial charge in [0, 0.05) is 20.3 Å². The van der Waals surface area contributed by atoms with E-state index in [1.807, 2.05) is 70.2 Å². The Morgan fingerprint density at radius 3 is 1.40 bits per heavy atom. The second kappa shape index (κ2) is 9.44. The van der Waals surface area contributed by atoms with Crippen LogP contribution in [-0.2, 0) is 0 Å². The molecule has 0 spiro atoms. The Labute approximate surface area is 95.0 Å². The van der Waals surface area contributed by atoms with Crippen molar-refractivity contribution >= 4 is 12.4 Å². The van der Waals surface area contributed by atoms with E-state index in [0.717, 1.165) is 0 Å². The number of nitrogens with zero attached hydrogens (tertiary/aromatic N) is 3. The van der Waals surface area contributed by atoms with Crippen molar-refractivity contribution in [1.29, 1.82) is 0 Å². The van der Waals surface area contributed by atoms with Gasteiger partial charge in [-0.05, 0) is 0 Å². The van der Waals surface area contributed by atoms with Gasteiger partial charge in [-0.3, -0.25) is 0 Å². The van der Waals surface area contributed by atoms with E-state index in [1.54, 1.807) is 0 Å². The van der Waals surface area contributed by atoms with Crippen molar-refractivity contribution in [1.82, 2.24) is 4.90 Å². The first kappa shape index (κ1) is 16.3. The lowest BCUT2D eigenvalue weighted by Gasteiger charge is -2.03. The van der Waals surface area contributed by atoms with Gasteiger partial charge in [-0.1, -0.05) is 13.8 Å². The molecule has 0 aliphatic rings. The van der Waals surface area contributed by atoms with Crippen molar-refractivity contribution in [3.63, 3.8) is 0 Å². The van der Waals surface area contributed by atoms with Crippen LogP contribution >= 0.6 is 0 Å². The first-order valence-electron chi connectivity index (χ1n) is 5.32. The first-order chi connectivity index (χ1) is 6.91. The predicted octanol–water partition coefficient (Wildman–Crippen LogP) is 1.14. The number of rotatable bonds is 3. The maximum Gasteiger partial charge on any atom is 0.177 e. The molecule has 0 unspecified atom stereocenters. The third-order valence-electron chi connectivity index (χ3n) is 1.22. The van der Waals surface area contributed by atoms with E-state index in [-0.39, 0.29) is 0 Å². The van der Waals surface area contributed by atoms with E-state index in [4.69, 9.17) is 0 Å². The summed E-state index contributed by atoms with van der Waals surface area (Å²) in [6.07, 6.45) is 6.25. The third kappa shape index (κ3) is 12.9. The topological polar surface area (TPSA) is 9.26 Å². The SMILES string of the molecule is CC.CN(C)C=C(C=[N+](C)C)C=[N+](C)C. The molecule has 0 aliphatic carbocycles. The van der Waals surface area contributed by atoms with Gasteiger partial charge >= 0.3 is 0 Å². The van der Waals surface area contributed by atoms with E-state index in [2.05, 4.69) is 18.6 Å². The quantitative estimate of drug-likeness (QED) is 0.505. The van der Waals surface area contributed by atoms with Crippen molar-refractivity contribution in [2.75, 3.05) is 42.3 Å². The normalized spacial score (nSPS) is 8.00. The number of allylic oxidation sites excluding steroid dienone is 1. The average Bonchev–Trinajstić information content (AvgIpc) is 2.03. The molecule has 0 aromatic heterocycles. The van der Waals surface area contributed by atoms with Crippen LogP contribution in [0.2, 0.25) is 0 Å². The minimum atomic E-state index is 1.18. The highest BCUT2D eigenvalue weighted by molar-refractivity contribution is 5.99. The minimum Gasteiger partial charge on any atom is -0.383 e. The second-order valence-corrected chi connectivity index (χ2v) is 3.78. The van der Waals surface area contributed by atoms with Gasteiger partial charge < -0.3 is 4.90 Å². The molecule has 0 saturated heterocycles. The minimum absolute atomic E-state index is 1.18. The van der Waals surface area contributed by atoms with Gasteiger partial charge in [-0.25, -0.2) is 9.15 Å². The molecule has 0 aromatic rings. The summed E-state index contributed by atoms with van der Waals surface area (Å²) in [6.45, 7) is 4.00. The molecule has 0 N–H and O–H groups in total. The van der Waals surface area contributed by atoms with Crippen LogP contribution in [0.1, 0.15) is 13.8 Å². The van der Waals surface area contributed by atoms with Gasteiger partial charge in [0.2, 0.25) is 0 Å². The van der Waals surface area contributed by atoms with Crippen LogP contribution < -0.4 is 0 Å². The van der Waals surface area contributed by atoms with Gasteiger partial charge in [-0.15, -0.1) is 0 Å². The van der Waals surface area contributed by atoms with Crippen LogP contribution in [0.4, 0.5) is 0 Å². The molecule has 0 rings (SSSR count). The van der Waals surface area contributed by atoms with E-state index >= 15 is 0 Å². The summed E-state index contributed by atoms with van der Waals surface area (Å²) >= 11 is 0. The number of hydrogen-bond donors (Lipinski definition) is 0. The molecule has 0 saturated carbocycles. The van der Waals surface area contributed by atoms with Crippen LogP contribution in [0.3, 0.4) is 0 Å². The maximum absolute atomic E-state index is 2.08. The molecule has 0 aromatic carbocycles. The third-order valence-corrected chi connectivity index (χ3v) is 1.22. The largest absolute Gasteiger partial charge is 0.383 e. The molecule has 0 amide bonds. The van der Waals surface area contributed by atoms with E-state index in [9.17, 15) is 0 Å². The lowest BCUT2D eigenvalue weighted by molar-refractivity contribution is -0.462. The lowest BCUT2D eigenvalue weighted by atomic mass is 10.3. The maximum atomic E-state index is 2.08. The fraction of sp³-hybridized carbons (Fsp3) is 0.667. The monoisotopic (exact) mass is 213 g/mol. The van der Waals surface area contributed by atoms with E-state index in [1.165, 1.54) is 5.57 Å². The molecule has 0 fully saturated rings. The summed E-state index contributed by atoms with van der Waals surface area (Å²) in [5.74, 6) is 0. The molecule has 3 heteroatoms. The molecule has 0 bridgehead atoms. The smallest absolute Gasteiger partial charge is 0.177 e. The van der Waals surface area contributed by atoms with Crippen LogP contribution in [-0.4, -0.2) is 68.8 Å². The van der Waals surface area contributed by atoms with Crippen LogP contribution in [0.5, 0.6) is 0 Å². The lowest BCUT2D eigenvalue weighted by Crippen LogP contribution is -2.11. The van der Waals surface area contributed by atoms with Crippen LogP contribution in [0.25, 0.3) is 0 Å². The molecule has 0 aliphatic heterocycles. The van der Waals surface area contributed by atoms with Crippen LogP contribution in [0.15, 0.2) is 11.8 Å². The highest BCUT2D eigenvalue weighted by atomic mass is 15.0. The second-order valence-electron chi connectivity index (χ2n) is 3.78. The summed E-state index contributed by atoms with van der Waals surface area (Å²) in [6, 6.07) is 0. The molecular weight excluding hydrogens is 186 g/mol. The van der Waals surface area contributed by atoms with Gasteiger partial charge in [0.05, 0.1) is 0 Å². The van der Waals surface area contributed by atoms with E-state index in [0.29, 0.717) is 0 Å². The average molecular weight is 213 g/mol. The molecular formula is C12H27N3+2. The first-order valence-corrected chi connectivity index (χ1v) is 5.32. The zero-order chi connectivity index (χ0) is 12.4. The fourth-order valence-electron chi connectivity index (χ4n) is 0.994. The van der Waals surface area contributed by atoms with Crippen molar-refractivity contribution in [3.05, 3.63) is 11.8 Å². The van der Waals surface area contributed by atoms with Crippen molar-refractivity contribution in [2.24, 2.45) is 0 Å². The zero-order valence-electron chi connectivity index (χ0n) is 11.6. The summed E-state index contributed by atoms with van der Waals surface area (Å²) in [4.78, 5) is 2.04. The van der Waals surface area contributed by atoms with E-state index < -0.39 is 0 Å². The Morgan fingerprint density at radius 2 is 1.20 bits per heavy atom. The Hall–Kier alpha value is -1.12. The summed E-state index contributed by atoms with van der Waals surface area (Å²) < 4.78 is 4.07. The molecule has 0 atom stereocenters. The summed E-state index contributed by atoms with van der Waals surface area (Å²) in [5, 5.41) is 0. The fourth-order valence-corrected chi connectivity index (χ4v) is 0.994. The van der Waals surface area contributed by atoms with Crippen molar-refractivity contribution in [2.45, 2.75) is 13.8 Å². The number of hydrogen-bond acceptors (Lipinski definition) is 1. The van der Waals surface area contributed by atoms with Gasteiger partial charge in [-0.2, -0.15) is 0 Å². The zero-order valence-corrected chi connectivity index (χ0v) is 11.6. The van der Waals surface area contributed by atoms with Crippen molar-refractivity contribution < 1.29 is 9.15 Å². The van der Waals surface area contributed by atoms with Gasteiger partial charge in [0.15, 0.2) is 12.4 Å². The Morgan fingerprint density at radius 1 is 0.867 bits per heavy atom. The van der Waals surface area contributed by atoms with Gasteiger partial charge in [0.1, 0.15) is 33.8 Å². The predicted molar refractivity (Wildman–Crippen MR) is 69.5 cm³/mol. The molecule has 3 nitrogen and oxygen atoms in total. The standard InChI is InChI=1S/C10H21N3.C2H6/c1-11(2)7-10(8-12(3)4)9-13(5)6;1-2/h7-9H,1-6H3;1-2H3/q+2;. The highest BCUT2D eigenvalue weighted by Crippen LogP contribution is 1.87. The molecule has 0 radical (unpaired) electrons. The van der Waals surface area contributed by atoms with Gasteiger partial charge in [0.25, 0.3) is 0 Å². The Bertz CT molecular complexity index is 220. The molecule has 0 heterocycles. The Balaban J connectivity index is 0. The molecule has 15 heavy (non-hydrogen) atoms. The van der Waals surface area contributed by atoms with Crippen LogP contribution in [0, 0.1) is 0 Å². The summed E-state index contributed by atoms with van der Waals surface area (Å²) in [5.41, 5.74) is 1.18. The highest BCUT2D eigenvalue weighted by Gasteiger charge is 1.99. The van der Waals surface area contributed by atoms with Crippen molar-refractivity contribution in [3.8, 4) is 0 Å². The molecule has 88 valence electrons. The summed E-state index contributed by atoms with van der Waals surface area (Å²) in [7, 11) is 12.1. The Kier molecular flexibility index (Phi) is 10.3.